The van der Waals surface area contributed by atoms with Crippen LogP contribution in [0.3, 0.4) is 0 Å². The Morgan fingerprint density at radius 2 is 1.51 bits per heavy atom. The summed E-state index contributed by atoms with van der Waals surface area (Å²) < 4.78 is 0. The third kappa shape index (κ3) is 6.44. The van der Waals surface area contributed by atoms with Crippen molar-refractivity contribution in [2.45, 2.75) is 39.2 Å². The fourth-order valence-electron chi connectivity index (χ4n) is 5.85. The topological polar surface area (TPSA) is 53.3 Å². The first kappa shape index (κ1) is 29.5. The molecule has 0 aliphatic carbocycles. The molecule has 3 aromatic rings. The van der Waals surface area contributed by atoms with Crippen LogP contribution in [0.25, 0.3) is 0 Å². The number of hydrazine groups is 1. The highest BCUT2D eigenvalue weighted by Crippen LogP contribution is 2.41. The summed E-state index contributed by atoms with van der Waals surface area (Å²) in [5, 5.41) is 5.80. The normalized spacial score (nSPS) is 18.6. The predicted octanol–water partition coefficient (Wildman–Crippen LogP) is 8.11. The van der Waals surface area contributed by atoms with Gasteiger partial charge in [-0.05, 0) is 70.7 Å². The zero-order valence-corrected chi connectivity index (χ0v) is 25.3. The van der Waals surface area contributed by atoms with Crippen LogP contribution in [0.4, 0.5) is 11.4 Å². The van der Waals surface area contributed by atoms with E-state index in [0.29, 0.717) is 0 Å². The summed E-state index contributed by atoms with van der Waals surface area (Å²) in [4.78, 5) is 0. The Kier molecular flexibility index (Phi) is 8.87. The molecule has 4 nitrogen and oxygen atoms in total. The Morgan fingerprint density at radius 3 is 2.14 bits per heavy atom. The Balaban J connectivity index is 1.60. The van der Waals surface area contributed by atoms with E-state index >= 15 is 0 Å². The third-order valence-corrected chi connectivity index (χ3v) is 8.45. The fraction of sp³-hybridized carbons (Fsp3) is 0.179. The minimum absolute atomic E-state index is 0.0262. The lowest BCUT2D eigenvalue weighted by atomic mass is 9.75. The number of allylic oxidation sites excluding steroid dienone is 7. The van der Waals surface area contributed by atoms with Crippen LogP contribution in [0.2, 0.25) is 0 Å². The molecule has 2 aliphatic rings. The van der Waals surface area contributed by atoms with Gasteiger partial charge in [-0.1, -0.05) is 124 Å². The van der Waals surface area contributed by atoms with E-state index < -0.39 is 5.41 Å². The maximum absolute atomic E-state index is 6.49. The summed E-state index contributed by atoms with van der Waals surface area (Å²) in [7, 11) is 0. The van der Waals surface area contributed by atoms with Crippen LogP contribution in [0, 0.1) is 5.41 Å². The average Bonchev–Trinajstić information content (AvgIpc) is 3.05. The minimum Gasteiger partial charge on any atom is -0.403 e. The van der Waals surface area contributed by atoms with Crippen molar-refractivity contribution in [2.24, 2.45) is 11.1 Å². The summed E-state index contributed by atoms with van der Waals surface area (Å²) in [6, 6.07) is 25.6. The second kappa shape index (κ2) is 12.9. The summed E-state index contributed by atoms with van der Waals surface area (Å²) in [5.41, 5.74) is 20.9. The second-order valence-corrected chi connectivity index (χ2v) is 11.7. The second-order valence-electron chi connectivity index (χ2n) is 11.7. The van der Waals surface area contributed by atoms with E-state index in [1.54, 1.807) is 6.20 Å². The molecule has 0 spiro atoms. The Hall–Kier alpha value is -4.96. The summed E-state index contributed by atoms with van der Waals surface area (Å²) >= 11 is 0. The summed E-state index contributed by atoms with van der Waals surface area (Å²) in [5.74, 6) is 0. The number of fused-ring (bicyclic) bond motifs is 3. The van der Waals surface area contributed by atoms with Crippen molar-refractivity contribution >= 4 is 11.4 Å². The van der Waals surface area contributed by atoms with Crippen LogP contribution < -0.4 is 21.5 Å². The van der Waals surface area contributed by atoms with E-state index in [0.717, 1.165) is 53.1 Å². The van der Waals surface area contributed by atoms with Gasteiger partial charge in [0.05, 0.1) is 17.1 Å². The third-order valence-electron chi connectivity index (χ3n) is 8.45. The monoisotopic (exact) mass is 566 g/mol. The van der Waals surface area contributed by atoms with E-state index in [1.807, 2.05) is 24.4 Å². The molecule has 5 rings (SSSR count). The molecule has 43 heavy (non-hydrogen) atoms. The molecular weight excluding hydrogens is 524 g/mol. The number of nitrogens with two attached hydrogens (primary N) is 1. The molecule has 1 atom stereocenters. The van der Waals surface area contributed by atoms with Crippen LogP contribution in [-0.2, 0) is 19.3 Å². The van der Waals surface area contributed by atoms with Gasteiger partial charge in [-0.3, -0.25) is 10.4 Å². The van der Waals surface area contributed by atoms with Gasteiger partial charge in [-0.25, -0.2) is 0 Å². The van der Waals surface area contributed by atoms with E-state index in [2.05, 4.69) is 134 Å². The Morgan fingerprint density at radius 1 is 0.907 bits per heavy atom. The van der Waals surface area contributed by atoms with Gasteiger partial charge in [-0.2, -0.15) is 0 Å². The first-order valence-corrected chi connectivity index (χ1v) is 14.8. The first-order valence-electron chi connectivity index (χ1n) is 14.8. The molecule has 0 amide bonds. The molecule has 0 bridgehead atoms. The van der Waals surface area contributed by atoms with Crippen molar-refractivity contribution in [1.82, 2.24) is 10.7 Å². The van der Waals surface area contributed by atoms with Gasteiger partial charge >= 0.3 is 0 Å². The van der Waals surface area contributed by atoms with Gasteiger partial charge in [0.15, 0.2) is 0 Å². The van der Waals surface area contributed by atoms with Gasteiger partial charge in [0, 0.05) is 24.1 Å². The predicted molar refractivity (Wildman–Crippen MR) is 183 cm³/mol. The van der Waals surface area contributed by atoms with E-state index in [4.69, 9.17) is 5.73 Å². The maximum atomic E-state index is 6.49. The molecule has 0 radical (unpaired) electrons. The SMILES string of the molecule is C=CC(=C)C(C)(C)C(=C/C1Cc2ccccc2CC(=C)/C=C\C=C/N1)/C(=C\N)NN1c2ccccc2Cc2ccccc21. The molecule has 3 aromatic carbocycles. The molecule has 218 valence electrons. The molecule has 0 aromatic heterocycles. The van der Waals surface area contributed by atoms with Crippen LogP contribution in [0.1, 0.15) is 36.1 Å². The smallest absolute Gasteiger partial charge is 0.0739 e. The zero-order valence-electron chi connectivity index (χ0n) is 25.3. The van der Waals surface area contributed by atoms with E-state index in [9.17, 15) is 0 Å². The number of benzene rings is 3. The molecule has 2 aliphatic heterocycles. The van der Waals surface area contributed by atoms with E-state index in [1.165, 1.54) is 22.3 Å². The molecule has 2 heterocycles. The number of hydrogen-bond acceptors (Lipinski definition) is 4. The minimum atomic E-state index is -0.472. The molecular formula is C39H42N4. The van der Waals surface area contributed by atoms with Crippen molar-refractivity contribution in [3.05, 3.63) is 180 Å². The Bertz CT molecular complexity index is 1600. The molecule has 0 fully saturated rings. The van der Waals surface area contributed by atoms with Gasteiger partial charge in [0.1, 0.15) is 0 Å². The highest BCUT2D eigenvalue weighted by atomic mass is 15.5. The first-order chi connectivity index (χ1) is 20.8. The van der Waals surface area contributed by atoms with Crippen LogP contribution in [0.15, 0.2) is 158 Å². The summed E-state index contributed by atoms with van der Waals surface area (Å²) in [6.45, 7) is 17.1. The molecule has 0 saturated heterocycles. The molecule has 1 unspecified atom stereocenters. The molecule has 4 N–H and O–H groups in total. The fourth-order valence-corrected chi connectivity index (χ4v) is 5.85. The average molecular weight is 567 g/mol. The zero-order chi connectivity index (χ0) is 30.4. The highest BCUT2D eigenvalue weighted by Gasteiger charge is 2.31. The number of anilines is 2. The highest BCUT2D eigenvalue weighted by molar-refractivity contribution is 5.74. The van der Waals surface area contributed by atoms with Gasteiger partial charge in [0.25, 0.3) is 0 Å². The van der Waals surface area contributed by atoms with Crippen molar-refractivity contribution < 1.29 is 0 Å². The number of nitrogens with one attached hydrogen (secondary N) is 2. The summed E-state index contributed by atoms with van der Waals surface area (Å²) in [6.07, 6.45) is 16.4. The van der Waals surface area contributed by atoms with Crippen LogP contribution in [-0.4, -0.2) is 6.04 Å². The molecule has 0 saturated carbocycles. The lowest BCUT2D eigenvalue weighted by molar-refractivity contribution is 0.537. The lowest BCUT2D eigenvalue weighted by Gasteiger charge is -2.38. The van der Waals surface area contributed by atoms with Gasteiger partial charge in [0.2, 0.25) is 0 Å². The van der Waals surface area contributed by atoms with E-state index in [-0.39, 0.29) is 6.04 Å². The standard InChI is InChI=1S/C39H42N4/c1-6-29(3)39(4,5)35(26-34-25-31-17-8-7-16-30(31)23-28(2)15-13-14-22-41-34)36(27-40)42-43-37-20-11-9-18-32(37)24-33-19-10-12-21-38(33)43/h6-22,26-27,34,41-42H,1-3,23-25,40H2,4-5H3/b15-13-,22-14-,35-26+,36-27+. The van der Waals surface area contributed by atoms with Crippen LogP contribution >= 0.6 is 0 Å². The van der Waals surface area contributed by atoms with Gasteiger partial charge < -0.3 is 11.1 Å². The number of nitrogens with zero attached hydrogens (tertiary/aromatic N) is 1. The molecule has 4 heteroatoms. The van der Waals surface area contributed by atoms with Crippen molar-refractivity contribution in [1.29, 1.82) is 0 Å². The lowest BCUT2D eigenvalue weighted by Crippen LogP contribution is -2.40. The Labute approximate surface area is 257 Å². The number of rotatable bonds is 7. The van der Waals surface area contributed by atoms with Crippen LogP contribution in [0.5, 0.6) is 0 Å². The quantitative estimate of drug-likeness (QED) is 0.253. The van der Waals surface area contributed by atoms with Crippen molar-refractivity contribution in [2.75, 3.05) is 5.01 Å². The number of hydrogen-bond donors (Lipinski definition) is 3. The largest absolute Gasteiger partial charge is 0.403 e. The number of para-hydroxylation sites is 2. The van der Waals surface area contributed by atoms with Crippen molar-refractivity contribution in [3.8, 4) is 0 Å². The van der Waals surface area contributed by atoms with Crippen molar-refractivity contribution in [3.63, 3.8) is 0 Å². The van der Waals surface area contributed by atoms with Gasteiger partial charge in [-0.15, -0.1) is 0 Å². The maximum Gasteiger partial charge on any atom is 0.0739 e.